The van der Waals surface area contributed by atoms with Crippen molar-refractivity contribution in [3.8, 4) is 27.8 Å². The van der Waals surface area contributed by atoms with Gasteiger partial charge in [0.1, 0.15) is 10.8 Å². The molecule has 0 saturated heterocycles. The number of halogens is 3. The normalized spacial score (nSPS) is 11.1. The number of methoxy groups -OCH3 is 2. The number of alkyl halides is 3. The van der Waals surface area contributed by atoms with Crippen LogP contribution in [0.15, 0.2) is 47.8 Å². The minimum absolute atomic E-state index is 0.0418. The highest BCUT2D eigenvalue weighted by molar-refractivity contribution is 7.13. The van der Waals surface area contributed by atoms with Crippen LogP contribution < -0.4 is 19.5 Å². The number of rotatable bonds is 7. The minimum Gasteiger partial charge on any atom is -0.493 e. The predicted molar refractivity (Wildman–Crippen MR) is 106 cm³/mol. The van der Waals surface area contributed by atoms with E-state index in [1.807, 2.05) is 0 Å². The first-order valence-electron chi connectivity index (χ1n) is 8.60. The second kappa shape index (κ2) is 9.04. The standard InChI is InChI=1S/C20H17F3N2O4S/c1-27-16-8-5-13(9-17(16)28-2)24-18(26)10-14-11-30-19(25-14)12-3-6-15(7-4-12)29-20(21,22)23/h3-9,11H,10H2,1-2H3,(H,24,26). The molecule has 3 rings (SSSR count). The van der Waals surface area contributed by atoms with E-state index in [0.29, 0.717) is 33.5 Å². The van der Waals surface area contributed by atoms with Crippen LogP contribution in [-0.4, -0.2) is 31.5 Å². The lowest BCUT2D eigenvalue weighted by molar-refractivity contribution is -0.274. The molecule has 0 unspecified atom stereocenters. The summed E-state index contributed by atoms with van der Waals surface area (Å²) in [4.78, 5) is 16.7. The summed E-state index contributed by atoms with van der Waals surface area (Å²) in [5.41, 5.74) is 1.72. The van der Waals surface area contributed by atoms with Crippen LogP contribution in [0.25, 0.3) is 10.6 Å². The highest BCUT2D eigenvalue weighted by Crippen LogP contribution is 2.30. The Morgan fingerprint density at radius 2 is 1.77 bits per heavy atom. The zero-order chi connectivity index (χ0) is 21.7. The fourth-order valence-corrected chi connectivity index (χ4v) is 3.43. The van der Waals surface area contributed by atoms with Crippen LogP contribution in [0.1, 0.15) is 5.69 Å². The minimum atomic E-state index is -4.74. The molecule has 0 radical (unpaired) electrons. The van der Waals surface area contributed by atoms with Crippen molar-refractivity contribution < 1.29 is 32.2 Å². The number of hydrogen-bond acceptors (Lipinski definition) is 6. The molecule has 1 aromatic heterocycles. The average molecular weight is 438 g/mol. The van der Waals surface area contributed by atoms with Crippen molar-refractivity contribution in [2.24, 2.45) is 0 Å². The maximum Gasteiger partial charge on any atom is 0.573 e. The van der Waals surface area contributed by atoms with Crippen LogP contribution in [0.5, 0.6) is 17.2 Å². The molecule has 0 bridgehead atoms. The molecule has 0 aliphatic rings. The number of nitrogens with zero attached hydrogens (tertiary/aromatic N) is 1. The molecule has 10 heteroatoms. The summed E-state index contributed by atoms with van der Waals surface area (Å²) in [5.74, 6) is 0.459. The Hall–Kier alpha value is -3.27. The number of carbonyl (C=O) groups excluding carboxylic acids is 1. The molecular formula is C20H17F3N2O4S. The third-order valence-corrected chi connectivity index (χ3v) is 4.84. The maximum absolute atomic E-state index is 12.3. The lowest BCUT2D eigenvalue weighted by Crippen LogP contribution is -2.16. The fraction of sp³-hybridized carbons (Fsp3) is 0.200. The van der Waals surface area contributed by atoms with E-state index in [-0.39, 0.29) is 18.1 Å². The van der Waals surface area contributed by atoms with Crippen LogP contribution in [0.3, 0.4) is 0 Å². The molecule has 0 spiro atoms. The highest BCUT2D eigenvalue weighted by atomic mass is 32.1. The molecular weight excluding hydrogens is 421 g/mol. The summed E-state index contributed by atoms with van der Waals surface area (Å²) in [6, 6.07) is 10.4. The van der Waals surface area contributed by atoms with Gasteiger partial charge in [0.05, 0.1) is 26.3 Å². The third-order valence-electron chi connectivity index (χ3n) is 3.90. The number of ether oxygens (including phenoxy) is 3. The van der Waals surface area contributed by atoms with Crippen molar-refractivity contribution in [3.63, 3.8) is 0 Å². The van der Waals surface area contributed by atoms with Crippen molar-refractivity contribution in [3.05, 3.63) is 53.5 Å². The van der Waals surface area contributed by atoms with Gasteiger partial charge in [-0.1, -0.05) is 0 Å². The molecule has 0 aliphatic carbocycles. The van der Waals surface area contributed by atoms with Crippen LogP contribution >= 0.6 is 11.3 Å². The van der Waals surface area contributed by atoms with Gasteiger partial charge in [-0.2, -0.15) is 0 Å². The molecule has 0 atom stereocenters. The van der Waals surface area contributed by atoms with Gasteiger partial charge in [0.2, 0.25) is 5.91 Å². The van der Waals surface area contributed by atoms with Crippen molar-refractivity contribution >= 4 is 22.9 Å². The SMILES string of the molecule is COc1ccc(NC(=O)Cc2csc(-c3ccc(OC(F)(F)F)cc3)n2)cc1OC. The Morgan fingerprint density at radius 3 is 2.40 bits per heavy atom. The van der Waals surface area contributed by atoms with Crippen molar-refractivity contribution in [1.29, 1.82) is 0 Å². The number of hydrogen-bond donors (Lipinski definition) is 1. The first-order valence-corrected chi connectivity index (χ1v) is 9.48. The molecule has 30 heavy (non-hydrogen) atoms. The zero-order valence-corrected chi connectivity index (χ0v) is 16.8. The quantitative estimate of drug-likeness (QED) is 0.568. The monoisotopic (exact) mass is 438 g/mol. The molecule has 3 aromatic rings. The van der Waals surface area contributed by atoms with Gasteiger partial charge in [0.25, 0.3) is 0 Å². The van der Waals surface area contributed by atoms with Crippen molar-refractivity contribution in [2.75, 3.05) is 19.5 Å². The average Bonchev–Trinajstić information content (AvgIpc) is 3.15. The zero-order valence-electron chi connectivity index (χ0n) is 15.9. The number of amides is 1. The number of anilines is 1. The second-order valence-electron chi connectivity index (χ2n) is 6.01. The van der Waals surface area contributed by atoms with Gasteiger partial charge in [-0.05, 0) is 36.4 Å². The first-order chi connectivity index (χ1) is 14.3. The number of benzene rings is 2. The van der Waals surface area contributed by atoms with E-state index in [4.69, 9.17) is 9.47 Å². The highest BCUT2D eigenvalue weighted by Gasteiger charge is 2.31. The molecule has 1 N–H and O–H groups in total. The van der Waals surface area contributed by atoms with Gasteiger partial charge in [-0.15, -0.1) is 24.5 Å². The molecule has 6 nitrogen and oxygen atoms in total. The molecule has 0 saturated carbocycles. The number of carbonyl (C=O) groups is 1. The molecule has 158 valence electrons. The molecule has 1 amide bonds. The largest absolute Gasteiger partial charge is 0.573 e. The van der Waals surface area contributed by atoms with E-state index in [9.17, 15) is 18.0 Å². The van der Waals surface area contributed by atoms with E-state index in [0.717, 1.165) is 0 Å². The molecule has 0 aliphatic heterocycles. The van der Waals surface area contributed by atoms with E-state index in [2.05, 4.69) is 15.0 Å². The number of thiazole rings is 1. The Balaban J connectivity index is 1.63. The van der Waals surface area contributed by atoms with Crippen molar-refractivity contribution in [1.82, 2.24) is 4.98 Å². The Bertz CT molecular complexity index is 1020. The van der Waals surface area contributed by atoms with Crippen LogP contribution in [-0.2, 0) is 11.2 Å². The smallest absolute Gasteiger partial charge is 0.493 e. The summed E-state index contributed by atoms with van der Waals surface area (Å²) < 4.78 is 50.9. The molecule has 0 fully saturated rings. The van der Waals surface area contributed by atoms with Gasteiger partial charge >= 0.3 is 6.36 Å². The summed E-state index contributed by atoms with van der Waals surface area (Å²) in [6.07, 6.45) is -4.70. The van der Waals surface area contributed by atoms with Crippen LogP contribution in [0.2, 0.25) is 0 Å². The van der Waals surface area contributed by atoms with E-state index < -0.39 is 6.36 Å². The summed E-state index contributed by atoms with van der Waals surface area (Å²) in [7, 11) is 3.02. The Kier molecular flexibility index (Phi) is 6.46. The van der Waals surface area contributed by atoms with Crippen LogP contribution in [0.4, 0.5) is 18.9 Å². The molecule has 2 aromatic carbocycles. The Labute approximate surface area is 174 Å². The summed E-state index contributed by atoms with van der Waals surface area (Å²) in [5, 5.41) is 5.07. The first kappa shape index (κ1) is 21.4. The summed E-state index contributed by atoms with van der Waals surface area (Å²) in [6.45, 7) is 0. The van der Waals surface area contributed by atoms with E-state index in [1.54, 1.807) is 23.6 Å². The van der Waals surface area contributed by atoms with Gasteiger partial charge in [-0.25, -0.2) is 4.98 Å². The summed E-state index contributed by atoms with van der Waals surface area (Å²) >= 11 is 1.29. The fourth-order valence-electron chi connectivity index (χ4n) is 2.60. The van der Waals surface area contributed by atoms with E-state index in [1.165, 1.54) is 49.8 Å². The number of nitrogens with one attached hydrogen (secondary N) is 1. The van der Waals surface area contributed by atoms with Crippen molar-refractivity contribution in [2.45, 2.75) is 12.8 Å². The predicted octanol–water partition coefficient (Wildman–Crippen LogP) is 4.91. The van der Waals surface area contributed by atoms with Gasteiger partial charge in [0, 0.05) is 22.7 Å². The van der Waals surface area contributed by atoms with Gasteiger partial charge < -0.3 is 19.5 Å². The second-order valence-corrected chi connectivity index (χ2v) is 6.87. The maximum atomic E-state index is 12.3. The molecule has 1 heterocycles. The lowest BCUT2D eigenvalue weighted by Gasteiger charge is -2.10. The topological polar surface area (TPSA) is 69.7 Å². The third kappa shape index (κ3) is 5.63. The van der Waals surface area contributed by atoms with Crippen LogP contribution in [0, 0.1) is 0 Å². The van der Waals surface area contributed by atoms with Gasteiger partial charge in [-0.3, -0.25) is 4.79 Å². The Morgan fingerprint density at radius 1 is 1.07 bits per heavy atom. The van der Waals surface area contributed by atoms with E-state index >= 15 is 0 Å². The van der Waals surface area contributed by atoms with Gasteiger partial charge in [0.15, 0.2) is 11.5 Å². The lowest BCUT2D eigenvalue weighted by atomic mass is 10.2. The number of aromatic nitrogens is 1.